The highest BCUT2D eigenvalue weighted by molar-refractivity contribution is 7.13. The fourth-order valence-corrected chi connectivity index (χ4v) is 2.21. The number of nitrogens with zero attached hydrogens (tertiary/aromatic N) is 4. The van der Waals surface area contributed by atoms with Crippen LogP contribution < -0.4 is 10.2 Å². The van der Waals surface area contributed by atoms with E-state index in [-0.39, 0.29) is 11.6 Å². The van der Waals surface area contributed by atoms with Crippen molar-refractivity contribution >= 4 is 22.4 Å². The third kappa shape index (κ3) is 3.30. The zero-order chi connectivity index (χ0) is 14.5. The predicted molar refractivity (Wildman–Crippen MR) is 76.6 cm³/mol. The molecule has 7 heteroatoms. The predicted octanol–water partition coefficient (Wildman–Crippen LogP) is 1.41. The van der Waals surface area contributed by atoms with Gasteiger partial charge in [0.05, 0.1) is 17.8 Å². The SMILES string of the molecule is CN(C)c1nc(CNC(=O)c2ccc(C#N)nc2)cs1. The zero-order valence-electron chi connectivity index (χ0n) is 11.1. The van der Waals surface area contributed by atoms with Crippen molar-refractivity contribution in [3.05, 3.63) is 40.7 Å². The molecule has 0 saturated carbocycles. The summed E-state index contributed by atoms with van der Waals surface area (Å²) in [6.45, 7) is 0.364. The minimum atomic E-state index is -0.235. The molecule has 0 unspecified atom stereocenters. The number of anilines is 1. The molecule has 1 N–H and O–H groups in total. The first-order chi connectivity index (χ1) is 9.60. The van der Waals surface area contributed by atoms with E-state index >= 15 is 0 Å². The van der Waals surface area contributed by atoms with Gasteiger partial charge in [0.2, 0.25) is 0 Å². The first-order valence-corrected chi connectivity index (χ1v) is 6.74. The average molecular weight is 287 g/mol. The van der Waals surface area contributed by atoms with Crippen LogP contribution >= 0.6 is 11.3 Å². The Balaban J connectivity index is 1.95. The molecule has 0 aliphatic heterocycles. The standard InChI is InChI=1S/C13H13N5OS/c1-18(2)13-17-11(8-20-13)7-16-12(19)9-3-4-10(5-14)15-6-9/h3-4,6,8H,7H2,1-2H3,(H,16,19). The van der Waals surface area contributed by atoms with E-state index in [9.17, 15) is 4.79 Å². The summed E-state index contributed by atoms with van der Waals surface area (Å²) in [7, 11) is 3.84. The topological polar surface area (TPSA) is 81.9 Å². The molecule has 6 nitrogen and oxygen atoms in total. The van der Waals surface area contributed by atoms with Gasteiger partial charge < -0.3 is 10.2 Å². The van der Waals surface area contributed by atoms with Crippen LogP contribution in [0.25, 0.3) is 0 Å². The zero-order valence-corrected chi connectivity index (χ0v) is 11.9. The van der Waals surface area contributed by atoms with E-state index in [2.05, 4.69) is 15.3 Å². The molecule has 2 aromatic heterocycles. The van der Waals surface area contributed by atoms with Gasteiger partial charge in [-0.1, -0.05) is 0 Å². The summed E-state index contributed by atoms with van der Waals surface area (Å²) in [5.74, 6) is -0.235. The summed E-state index contributed by atoms with van der Waals surface area (Å²) in [6, 6.07) is 5.00. The molecule has 0 atom stereocenters. The van der Waals surface area contributed by atoms with E-state index in [4.69, 9.17) is 5.26 Å². The van der Waals surface area contributed by atoms with Crippen LogP contribution in [0, 0.1) is 11.3 Å². The van der Waals surface area contributed by atoms with Crippen LogP contribution in [0.15, 0.2) is 23.7 Å². The first kappa shape index (κ1) is 14.0. The number of carbonyl (C=O) groups excluding carboxylic acids is 1. The summed E-state index contributed by atoms with van der Waals surface area (Å²) in [6.07, 6.45) is 1.39. The third-order valence-corrected chi connectivity index (χ3v) is 3.55. The molecule has 0 bridgehead atoms. The number of nitrogens with one attached hydrogen (secondary N) is 1. The Kier molecular flexibility index (Phi) is 4.27. The Morgan fingerprint density at radius 2 is 2.30 bits per heavy atom. The second-order valence-corrected chi connectivity index (χ2v) is 5.08. The number of thiazole rings is 1. The van der Waals surface area contributed by atoms with Crippen LogP contribution in [0.4, 0.5) is 5.13 Å². The smallest absolute Gasteiger partial charge is 0.253 e. The highest BCUT2D eigenvalue weighted by Gasteiger charge is 2.08. The van der Waals surface area contributed by atoms with Gasteiger partial charge >= 0.3 is 0 Å². The van der Waals surface area contributed by atoms with E-state index in [1.54, 1.807) is 6.07 Å². The van der Waals surface area contributed by atoms with Gasteiger partial charge in [-0.2, -0.15) is 5.26 Å². The van der Waals surface area contributed by atoms with Crippen molar-refractivity contribution in [2.24, 2.45) is 0 Å². The van der Waals surface area contributed by atoms with Gasteiger partial charge in [-0.15, -0.1) is 11.3 Å². The van der Waals surface area contributed by atoms with E-state index in [1.807, 2.05) is 30.4 Å². The molecule has 2 heterocycles. The molecule has 2 rings (SSSR count). The van der Waals surface area contributed by atoms with Gasteiger partial charge in [-0.05, 0) is 12.1 Å². The largest absolute Gasteiger partial charge is 0.354 e. The van der Waals surface area contributed by atoms with Crippen LogP contribution in [-0.4, -0.2) is 30.0 Å². The number of amides is 1. The van der Waals surface area contributed by atoms with Crippen LogP contribution in [0.5, 0.6) is 0 Å². The number of hydrogen-bond acceptors (Lipinski definition) is 6. The molecule has 2 aromatic rings. The molecular formula is C13H13N5OS. The molecule has 0 fully saturated rings. The molecule has 102 valence electrons. The van der Waals surface area contributed by atoms with E-state index in [0.717, 1.165) is 10.8 Å². The van der Waals surface area contributed by atoms with Gasteiger partial charge in [0.1, 0.15) is 11.8 Å². The van der Waals surface area contributed by atoms with E-state index in [1.165, 1.54) is 23.6 Å². The monoisotopic (exact) mass is 287 g/mol. The van der Waals surface area contributed by atoms with Crippen molar-refractivity contribution in [2.45, 2.75) is 6.54 Å². The summed E-state index contributed by atoms with van der Waals surface area (Å²) in [4.78, 5) is 22.0. The Morgan fingerprint density at radius 1 is 1.50 bits per heavy atom. The van der Waals surface area contributed by atoms with Crippen molar-refractivity contribution in [3.8, 4) is 6.07 Å². The Morgan fingerprint density at radius 3 is 2.85 bits per heavy atom. The lowest BCUT2D eigenvalue weighted by Gasteiger charge is -2.06. The quantitative estimate of drug-likeness (QED) is 0.919. The summed E-state index contributed by atoms with van der Waals surface area (Å²) >= 11 is 1.53. The minimum absolute atomic E-state index is 0.235. The molecular weight excluding hydrogens is 274 g/mol. The minimum Gasteiger partial charge on any atom is -0.354 e. The van der Waals surface area contributed by atoms with Crippen LogP contribution in [0.1, 0.15) is 21.7 Å². The fraction of sp³-hybridized carbons (Fsp3) is 0.231. The number of pyridine rings is 1. The summed E-state index contributed by atoms with van der Waals surface area (Å²) in [5, 5.41) is 14.2. The Labute approximate surface area is 120 Å². The fourth-order valence-electron chi connectivity index (χ4n) is 1.45. The van der Waals surface area contributed by atoms with Gasteiger partial charge in [0.15, 0.2) is 5.13 Å². The van der Waals surface area contributed by atoms with Crippen molar-refractivity contribution in [1.29, 1.82) is 5.26 Å². The second-order valence-electron chi connectivity index (χ2n) is 4.24. The molecule has 0 spiro atoms. The lowest BCUT2D eigenvalue weighted by molar-refractivity contribution is 0.0950. The van der Waals surface area contributed by atoms with Gasteiger partial charge in [0, 0.05) is 25.7 Å². The molecule has 0 aliphatic carbocycles. The first-order valence-electron chi connectivity index (χ1n) is 5.86. The van der Waals surface area contributed by atoms with Crippen molar-refractivity contribution in [1.82, 2.24) is 15.3 Å². The highest BCUT2D eigenvalue weighted by atomic mass is 32.1. The third-order valence-electron chi connectivity index (χ3n) is 2.49. The number of aromatic nitrogens is 2. The molecule has 20 heavy (non-hydrogen) atoms. The van der Waals surface area contributed by atoms with Crippen LogP contribution in [0.2, 0.25) is 0 Å². The van der Waals surface area contributed by atoms with Crippen LogP contribution in [-0.2, 0) is 6.54 Å². The maximum absolute atomic E-state index is 11.9. The lowest BCUT2D eigenvalue weighted by atomic mass is 10.2. The molecule has 1 amide bonds. The molecule has 0 radical (unpaired) electrons. The summed E-state index contributed by atoms with van der Waals surface area (Å²) in [5.41, 5.74) is 1.53. The van der Waals surface area contributed by atoms with Gasteiger partial charge in [0.25, 0.3) is 5.91 Å². The Bertz CT molecular complexity index is 642. The van der Waals surface area contributed by atoms with E-state index in [0.29, 0.717) is 12.1 Å². The molecule has 0 aliphatic rings. The Hall–Kier alpha value is -2.46. The molecule has 0 aromatic carbocycles. The maximum atomic E-state index is 11.9. The van der Waals surface area contributed by atoms with Crippen molar-refractivity contribution in [3.63, 3.8) is 0 Å². The normalized spacial score (nSPS) is 9.85. The lowest BCUT2D eigenvalue weighted by Crippen LogP contribution is -2.23. The summed E-state index contributed by atoms with van der Waals surface area (Å²) < 4.78 is 0. The van der Waals surface area contributed by atoms with Crippen molar-refractivity contribution < 1.29 is 4.79 Å². The highest BCUT2D eigenvalue weighted by Crippen LogP contribution is 2.17. The average Bonchev–Trinajstić information content (AvgIpc) is 2.94. The second kappa shape index (κ2) is 6.12. The van der Waals surface area contributed by atoms with Crippen LogP contribution in [0.3, 0.4) is 0 Å². The number of rotatable bonds is 4. The van der Waals surface area contributed by atoms with Crippen molar-refractivity contribution in [2.75, 3.05) is 19.0 Å². The van der Waals surface area contributed by atoms with E-state index < -0.39 is 0 Å². The number of carbonyl (C=O) groups is 1. The molecule has 0 saturated heterocycles. The van der Waals surface area contributed by atoms with Gasteiger partial charge in [-0.25, -0.2) is 9.97 Å². The van der Waals surface area contributed by atoms with Gasteiger partial charge in [-0.3, -0.25) is 4.79 Å². The number of hydrogen-bond donors (Lipinski definition) is 1. The maximum Gasteiger partial charge on any atom is 0.253 e. The number of nitriles is 1.